The van der Waals surface area contributed by atoms with Crippen molar-refractivity contribution >= 4 is 60.4 Å². The molecule has 2 heteroatoms. The quantitative estimate of drug-likeness (QED) is 0.162. The number of aromatic nitrogens is 1. The van der Waals surface area contributed by atoms with Gasteiger partial charge in [-0.05, 0) is 110 Å². The first-order valence-corrected chi connectivity index (χ1v) is 19.2. The minimum atomic E-state index is -0.171. The molecule has 0 radical (unpaired) electrons. The summed E-state index contributed by atoms with van der Waals surface area (Å²) >= 11 is 0. The van der Waals surface area contributed by atoms with Crippen molar-refractivity contribution in [2.24, 2.45) is 0 Å². The van der Waals surface area contributed by atoms with Crippen molar-refractivity contribution < 1.29 is 0 Å². The Morgan fingerprint density at radius 3 is 1.71 bits per heavy atom. The summed E-state index contributed by atoms with van der Waals surface area (Å²) in [7, 11) is 0. The Morgan fingerprint density at radius 1 is 0.400 bits per heavy atom. The summed E-state index contributed by atoms with van der Waals surface area (Å²) in [6, 6.07) is 71.4. The van der Waals surface area contributed by atoms with Gasteiger partial charge in [-0.2, -0.15) is 0 Å². The van der Waals surface area contributed by atoms with Crippen LogP contribution in [0.25, 0.3) is 71.3 Å². The van der Waals surface area contributed by atoms with E-state index in [4.69, 9.17) is 0 Å². The third kappa shape index (κ3) is 4.74. The maximum atomic E-state index is 2.46. The molecule has 0 atom stereocenters. The molecule has 1 aromatic heterocycles. The molecule has 55 heavy (non-hydrogen) atoms. The van der Waals surface area contributed by atoms with Crippen LogP contribution < -0.4 is 4.90 Å². The van der Waals surface area contributed by atoms with Gasteiger partial charge in [0.05, 0.1) is 16.7 Å². The number of anilines is 3. The first-order chi connectivity index (χ1) is 27.1. The molecule has 0 saturated carbocycles. The smallest absolute Gasteiger partial charge is 0.0541 e. The summed E-state index contributed by atoms with van der Waals surface area (Å²) in [5, 5.41) is 7.64. The summed E-state index contributed by atoms with van der Waals surface area (Å²) in [6.07, 6.45) is 0. The van der Waals surface area contributed by atoms with E-state index in [1.54, 1.807) is 0 Å². The minimum Gasteiger partial charge on any atom is -0.310 e. The third-order valence-electron chi connectivity index (χ3n) is 12.0. The van der Waals surface area contributed by atoms with E-state index in [9.17, 15) is 0 Å². The van der Waals surface area contributed by atoms with Gasteiger partial charge >= 0.3 is 0 Å². The summed E-state index contributed by atoms with van der Waals surface area (Å²) in [6.45, 7) is 4.75. The van der Waals surface area contributed by atoms with Crippen molar-refractivity contribution in [1.29, 1.82) is 0 Å². The Labute approximate surface area is 321 Å². The average molecular weight is 703 g/mol. The molecule has 0 amide bonds. The molecule has 0 bridgehead atoms. The highest BCUT2D eigenvalue weighted by molar-refractivity contribution is 6.12. The average Bonchev–Trinajstić information content (AvgIpc) is 3.70. The Morgan fingerprint density at radius 2 is 0.964 bits per heavy atom. The topological polar surface area (TPSA) is 8.17 Å². The van der Waals surface area contributed by atoms with Crippen LogP contribution in [0.2, 0.25) is 0 Å². The molecule has 0 N–H and O–H groups in total. The lowest BCUT2D eigenvalue weighted by atomic mass is 9.81. The number of rotatable bonds is 5. The summed E-state index contributed by atoms with van der Waals surface area (Å²) in [5.41, 5.74) is 14.7. The van der Waals surface area contributed by atoms with Crippen LogP contribution in [0.4, 0.5) is 17.1 Å². The number of nitrogens with zero attached hydrogens (tertiary/aromatic N) is 2. The number of hydrogen-bond donors (Lipinski definition) is 0. The second kappa shape index (κ2) is 12.1. The van der Waals surface area contributed by atoms with Gasteiger partial charge in [0.1, 0.15) is 0 Å². The van der Waals surface area contributed by atoms with Gasteiger partial charge in [0.2, 0.25) is 0 Å². The second-order valence-corrected chi connectivity index (χ2v) is 15.3. The number of fused-ring (bicyclic) bond motifs is 9. The Bertz CT molecular complexity index is 3060. The van der Waals surface area contributed by atoms with Crippen LogP contribution in [-0.4, -0.2) is 4.57 Å². The van der Waals surface area contributed by atoms with Crippen molar-refractivity contribution in [2.75, 3.05) is 4.90 Å². The highest BCUT2D eigenvalue weighted by Crippen LogP contribution is 2.54. The van der Waals surface area contributed by atoms with Crippen LogP contribution >= 0.6 is 0 Å². The van der Waals surface area contributed by atoms with Gasteiger partial charge < -0.3 is 9.47 Å². The van der Waals surface area contributed by atoms with E-state index < -0.39 is 0 Å². The van der Waals surface area contributed by atoms with Crippen molar-refractivity contribution in [2.45, 2.75) is 19.3 Å². The molecule has 0 unspecified atom stereocenters. The Balaban J connectivity index is 1.08. The zero-order chi connectivity index (χ0) is 36.7. The lowest BCUT2D eigenvalue weighted by molar-refractivity contribution is 0.661. The monoisotopic (exact) mass is 702 g/mol. The van der Waals surface area contributed by atoms with E-state index in [1.807, 2.05) is 0 Å². The maximum absolute atomic E-state index is 2.46. The zero-order valence-electron chi connectivity index (χ0n) is 30.9. The van der Waals surface area contributed by atoms with Gasteiger partial charge in [-0.25, -0.2) is 0 Å². The summed E-state index contributed by atoms with van der Waals surface area (Å²) in [4.78, 5) is 2.46. The summed E-state index contributed by atoms with van der Waals surface area (Å²) < 4.78 is 2.39. The highest BCUT2D eigenvalue weighted by Gasteiger charge is 2.38. The van der Waals surface area contributed by atoms with Crippen LogP contribution in [0.15, 0.2) is 194 Å². The molecule has 0 aliphatic heterocycles. The fourth-order valence-electron chi connectivity index (χ4n) is 9.47. The van der Waals surface area contributed by atoms with E-state index >= 15 is 0 Å². The molecule has 0 fully saturated rings. The number of benzene rings is 9. The van der Waals surface area contributed by atoms with E-state index in [2.05, 4.69) is 217 Å². The van der Waals surface area contributed by atoms with E-state index in [1.165, 1.54) is 82.4 Å². The first kappa shape index (κ1) is 31.6. The van der Waals surface area contributed by atoms with E-state index in [-0.39, 0.29) is 5.41 Å². The van der Waals surface area contributed by atoms with Gasteiger partial charge in [-0.1, -0.05) is 153 Å². The van der Waals surface area contributed by atoms with Gasteiger partial charge in [0.15, 0.2) is 0 Å². The molecule has 0 saturated heterocycles. The van der Waals surface area contributed by atoms with Crippen LogP contribution in [-0.2, 0) is 5.41 Å². The molecular weight excluding hydrogens is 665 g/mol. The van der Waals surface area contributed by atoms with E-state index in [0.717, 1.165) is 17.1 Å². The van der Waals surface area contributed by atoms with Crippen molar-refractivity contribution in [3.63, 3.8) is 0 Å². The second-order valence-electron chi connectivity index (χ2n) is 15.3. The standard InChI is InChI=1S/C53H38N2/c1-53(2)48-21-8-5-15-44(48)47-20-12-24-51(52(47)53)54(38-30-32-39(33-31-38)55-49-22-9-6-16-45(49)46-17-7-10-23-50(46)55)37-28-25-36(26-29-37)41-18-11-19-42-40-14-4-3-13-35(40)27-34-43(41)42/h3-34H,1-2H3. The molecule has 2 nitrogen and oxygen atoms in total. The number of para-hydroxylation sites is 2. The molecule has 0 spiro atoms. The van der Waals surface area contributed by atoms with Crippen molar-refractivity contribution in [3.8, 4) is 27.9 Å². The lowest BCUT2D eigenvalue weighted by Crippen LogP contribution is -2.20. The zero-order valence-corrected chi connectivity index (χ0v) is 30.9. The van der Waals surface area contributed by atoms with Gasteiger partial charge in [0.25, 0.3) is 0 Å². The molecule has 1 aliphatic rings. The first-order valence-electron chi connectivity index (χ1n) is 19.2. The summed E-state index contributed by atoms with van der Waals surface area (Å²) in [5.74, 6) is 0. The van der Waals surface area contributed by atoms with Crippen LogP contribution in [0.5, 0.6) is 0 Å². The Hall–Kier alpha value is -6.90. The van der Waals surface area contributed by atoms with E-state index in [0.29, 0.717) is 0 Å². The van der Waals surface area contributed by atoms with Crippen molar-refractivity contribution in [1.82, 2.24) is 4.57 Å². The SMILES string of the molecule is CC1(C)c2ccccc2-c2cccc(N(c3ccc(-c4cccc5c4ccc4ccccc45)cc3)c3ccc(-n4c5ccccc5c5ccccc54)cc3)c21. The maximum Gasteiger partial charge on any atom is 0.0541 e. The van der Waals surface area contributed by atoms with Crippen LogP contribution in [0.1, 0.15) is 25.0 Å². The largest absolute Gasteiger partial charge is 0.310 e. The predicted molar refractivity (Wildman–Crippen MR) is 233 cm³/mol. The molecule has 1 heterocycles. The van der Waals surface area contributed by atoms with Crippen LogP contribution in [0.3, 0.4) is 0 Å². The van der Waals surface area contributed by atoms with Crippen molar-refractivity contribution in [3.05, 3.63) is 205 Å². The lowest BCUT2D eigenvalue weighted by Gasteiger charge is -2.32. The molecular formula is C53H38N2. The minimum absolute atomic E-state index is 0.171. The highest BCUT2D eigenvalue weighted by atomic mass is 15.1. The normalized spacial score (nSPS) is 13.1. The van der Waals surface area contributed by atoms with Crippen LogP contribution in [0, 0.1) is 0 Å². The molecule has 10 aromatic rings. The number of hydrogen-bond acceptors (Lipinski definition) is 1. The fourth-order valence-corrected chi connectivity index (χ4v) is 9.47. The fraction of sp³-hybridized carbons (Fsp3) is 0.0566. The molecule has 9 aromatic carbocycles. The Kier molecular flexibility index (Phi) is 6.93. The molecule has 11 rings (SSSR count). The van der Waals surface area contributed by atoms with Gasteiger partial charge in [-0.3, -0.25) is 0 Å². The third-order valence-corrected chi connectivity index (χ3v) is 12.0. The van der Waals surface area contributed by atoms with Gasteiger partial charge in [0, 0.05) is 33.2 Å². The molecule has 260 valence electrons. The molecule has 1 aliphatic carbocycles. The predicted octanol–water partition coefficient (Wildman–Crippen LogP) is 14.5. The van der Waals surface area contributed by atoms with Gasteiger partial charge in [-0.15, -0.1) is 0 Å².